The van der Waals surface area contributed by atoms with Crippen LogP contribution in [0.2, 0.25) is 0 Å². The Kier molecular flexibility index (Phi) is 5.65. The van der Waals surface area contributed by atoms with Crippen LogP contribution < -0.4 is 0 Å². The quantitative estimate of drug-likeness (QED) is 0.429. The zero-order valence-corrected chi connectivity index (χ0v) is 18.6. The van der Waals surface area contributed by atoms with Crippen LogP contribution in [0.25, 0.3) is 11.4 Å². The van der Waals surface area contributed by atoms with Gasteiger partial charge in [0.05, 0.1) is 18.1 Å². The topological polar surface area (TPSA) is 43.8 Å². The molecule has 0 saturated carbocycles. The van der Waals surface area contributed by atoms with Crippen molar-refractivity contribution >= 4 is 12.2 Å². The van der Waals surface area contributed by atoms with Crippen molar-refractivity contribution < 1.29 is 0 Å². The van der Waals surface area contributed by atoms with Gasteiger partial charge in [-0.1, -0.05) is 36.4 Å². The van der Waals surface area contributed by atoms with Gasteiger partial charge in [0.15, 0.2) is 0 Å². The SMILES string of the molecule is Cc1ccccc1-n1nc(C)c(CN(C)Cn2ncn(-c3ccccc3)c2=S)c1C. The molecule has 2 aromatic heterocycles. The molecule has 154 valence electrons. The molecule has 2 heterocycles. The molecule has 30 heavy (non-hydrogen) atoms. The van der Waals surface area contributed by atoms with Crippen molar-refractivity contribution in [2.24, 2.45) is 0 Å². The summed E-state index contributed by atoms with van der Waals surface area (Å²) in [5.74, 6) is 0. The van der Waals surface area contributed by atoms with Crippen LogP contribution in [0.3, 0.4) is 0 Å². The van der Waals surface area contributed by atoms with E-state index < -0.39 is 0 Å². The van der Waals surface area contributed by atoms with E-state index in [0.717, 1.165) is 29.3 Å². The Hall–Kier alpha value is -3.03. The summed E-state index contributed by atoms with van der Waals surface area (Å²) in [6, 6.07) is 18.4. The molecule has 0 radical (unpaired) electrons. The van der Waals surface area contributed by atoms with Crippen molar-refractivity contribution in [1.82, 2.24) is 29.0 Å². The van der Waals surface area contributed by atoms with E-state index in [4.69, 9.17) is 17.3 Å². The molecular formula is C23H26N6S. The van der Waals surface area contributed by atoms with Gasteiger partial charge in [-0.05, 0) is 63.8 Å². The number of hydrogen-bond acceptors (Lipinski definition) is 4. The fourth-order valence-corrected chi connectivity index (χ4v) is 3.95. The minimum Gasteiger partial charge on any atom is -0.283 e. The first-order valence-electron chi connectivity index (χ1n) is 9.95. The van der Waals surface area contributed by atoms with Crippen LogP contribution in [-0.2, 0) is 13.2 Å². The van der Waals surface area contributed by atoms with Gasteiger partial charge in [-0.25, -0.2) is 9.36 Å². The van der Waals surface area contributed by atoms with E-state index >= 15 is 0 Å². The predicted octanol–water partition coefficient (Wildman–Crippen LogP) is 4.60. The van der Waals surface area contributed by atoms with E-state index in [-0.39, 0.29) is 0 Å². The second-order valence-corrected chi connectivity index (χ2v) is 7.99. The molecule has 2 aromatic carbocycles. The maximum atomic E-state index is 5.64. The van der Waals surface area contributed by atoms with Gasteiger partial charge in [0.25, 0.3) is 0 Å². The maximum Gasteiger partial charge on any atom is 0.203 e. The van der Waals surface area contributed by atoms with Crippen LogP contribution in [0.1, 0.15) is 22.5 Å². The Labute approximate surface area is 182 Å². The number of nitrogens with zero attached hydrogens (tertiary/aromatic N) is 6. The summed E-state index contributed by atoms with van der Waals surface area (Å²) in [5, 5.41) is 9.30. The van der Waals surface area contributed by atoms with Gasteiger partial charge in [-0.3, -0.25) is 9.47 Å². The highest BCUT2D eigenvalue weighted by molar-refractivity contribution is 7.71. The molecule has 4 aromatic rings. The van der Waals surface area contributed by atoms with Gasteiger partial charge in [0.1, 0.15) is 6.33 Å². The van der Waals surface area contributed by atoms with E-state index in [1.807, 2.05) is 44.3 Å². The van der Waals surface area contributed by atoms with E-state index in [9.17, 15) is 0 Å². The van der Waals surface area contributed by atoms with E-state index in [0.29, 0.717) is 11.4 Å². The van der Waals surface area contributed by atoms with E-state index in [1.165, 1.54) is 11.1 Å². The van der Waals surface area contributed by atoms with Crippen LogP contribution in [0.4, 0.5) is 0 Å². The van der Waals surface area contributed by atoms with Gasteiger partial charge in [0.2, 0.25) is 4.77 Å². The zero-order chi connectivity index (χ0) is 21.3. The highest BCUT2D eigenvalue weighted by atomic mass is 32.1. The summed E-state index contributed by atoms with van der Waals surface area (Å²) in [6.45, 7) is 7.69. The first-order chi connectivity index (χ1) is 14.5. The Bertz CT molecular complexity index is 1220. The van der Waals surface area contributed by atoms with E-state index in [1.54, 1.807) is 6.33 Å². The van der Waals surface area contributed by atoms with Crippen molar-refractivity contribution in [3.8, 4) is 11.4 Å². The van der Waals surface area contributed by atoms with Crippen LogP contribution >= 0.6 is 12.2 Å². The van der Waals surface area contributed by atoms with Crippen molar-refractivity contribution in [1.29, 1.82) is 0 Å². The third-order valence-corrected chi connectivity index (χ3v) is 5.76. The summed E-state index contributed by atoms with van der Waals surface area (Å²) in [6.07, 6.45) is 1.78. The fraction of sp³-hybridized carbons (Fsp3) is 0.261. The Morgan fingerprint density at radius 3 is 2.40 bits per heavy atom. The van der Waals surface area contributed by atoms with Crippen LogP contribution in [0.15, 0.2) is 60.9 Å². The summed E-state index contributed by atoms with van der Waals surface area (Å²) in [5.41, 5.74) is 6.78. The van der Waals surface area contributed by atoms with Gasteiger partial charge in [-0.2, -0.15) is 10.2 Å². The number of rotatable bonds is 6. The third kappa shape index (κ3) is 3.86. The van der Waals surface area contributed by atoms with Gasteiger partial charge in [0, 0.05) is 23.5 Å². The number of aryl methyl sites for hydroxylation is 2. The number of para-hydroxylation sites is 2. The second-order valence-electron chi connectivity index (χ2n) is 7.62. The van der Waals surface area contributed by atoms with Crippen molar-refractivity contribution in [3.63, 3.8) is 0 Å². The molecule has 0 bridgehead atoms. The smallest absolute Gasteiger partial charge is 0.203 e. The third-order valence-electron chi connectivity index (χ3n) is 5.36. The minimum absolute atomic E-state index is 0.604. The molecule has 0 aliphatic heterocycles. The molecular weight excluding hydrogens is 392 g/mol. The molecule has 4 rings (SSSR count). The Balaban J connectivity index is 1.55. The van der Waals surface area contributed by atoms with Crippen molar-refractivity contribution in [2.75, 3.05) is 7.05 Å². The lowest BCUT2D eigenvalue weighted by molar-refractivity contribution is 0.243. The molecule has 0 spiro atoms. The van der Waals surface area contributed by atoms with Crippen LogP contribution in [0, 0.1) is 25.5 Å². The van der Waals surface area contributed by atoms with E-state index in [2.05, 4.69) is 62.1 Å². The Morgan fingerprint density at radius 1 is 0.967 bits per heavy atom. The molecule has 6 nitrogen and oxygen atoms in total. The average molecular weight is 419 g/mol. The van der Waals surface area contributed by atoms with Gasteiger partial charge < -0.3 is 0 Å². The number of benzene rings is 2. The molecule has 0 amide bonds. The summed E-state index contributed by atoms with van der Waals surface area (Å²) in [4.78, 5) is 2.21. The highest BCUT2D eigenvalue weighted by Gasteiger charge is 2.16. The predicted molar refractivity (Wildman–Crippen MR) is 122 cm³/mol. The molecule has 0 N–H and O–H groups in total. The lowest BCUT2D eigenvalue weighted by Crippen LogP contribution is -2.23. The summed E-state index contributed by atoms with van der Waals surface area (Å²) < 4.78 is 6.50. The van der Waals surface area contributed by atoms with Crippen molar-refractivity contribution in [3.05, 3.63) is 88.2 Å². The number of hydrogen-bond donors (Lipinski definition) is 0. The van der Waals surface area contributed by atoms with Gasteiger partial charge >= 0.3 is 0 Å². The monoisotopic (exact) mass is 418 g/mol. The highest BCUT2D eigenvalue weighted by Crippen LogP contribution is 2.21. The number of aromatic nitrogens is 5. The molecule has 0 unspecified atom stereocenters. The summed E-state index contributed by atoms with van der Waals surface area (Å²) in [7, 11) is 2.08. The first kappa shape index (κ1) is 20.3. The average Bonchev–Trinajstić information content (AvgIpc) is 3.23. The largest absolute Gasteiger partial charge is 0.283 e. The van der Waals surface area contributed by atoms with Gasteiger partial charge in [-0.15, -0.1) is 0 Å². The molecule has 7 heteroatoms. The molecule has 0 saturated heterocycles. The molecule has 0 fully saturated rings. The first-order valence-corrected chi connectivity index (χ1v) is 10.4. The molecule has 0 aliphatic rings. The zero-order valence-electron chi connectivity index (χ0n) is 17.8. The minimum atomic E-state index is 0.604. The normalized spacial score (nSPS) is 11.4. The fourth-order valence-electron chi connectivity index (χ4n) is 3.69. The standard InChI is InChI=1S/C23H26N6S/c1-17-10-8-9-13-22(17)29-19(3)21(18(2)25-29)14-26(4)16-28-23(30)27(15-24-28)20-11-6-5-7-12-20/h5-13,15H,14,16H2,1-4H3. The Morgan fingerprint density at radius 2 is 1.67 bits per heavy atom. The second kappa shape index (κ2) is 8.38. The maximum absolute atomic E-state index is 5.64. The molecule has 0 atom stereocenters. The van der Waals surface area contributed by atoms with Crippen LogP contribution in [-0.4, -0.2) is 36.1 Å². The molecule has 0 aliphatic carbocycles. The lowest BCUT2D eigenvalue weighted by atomic mass is 10.1. The van der Waals surface area contributed by atoms with Crippen molar-refractivity contribution in [2.45, 2.75) is 34.0 Å². The summed E-state index contributed by atoms with van der Waals surface area (Å²) >= 11 is 5.64. The van der Waals surface area contributed by atoms with Crippen LogP contribution in [0.5, 0.6) is 0 Å². The lowest BCUT2D eigenvalue weighted by Gasteiger charge is -2.17.